The summed E-state index contributed by atoms with van der Waals surface area (Å²) >= 11 is 0. The van der Waals surface area contributed by atoms with Gasteiger partial charge in [-0.25, -0.2) is 8.42 Å². The predicted octanol–water partition coefficient (Wildman–Crippen LogP) is 2.31. The number of rotatable bonds is 3. The molecule has 1 aliphatic heterocycles. The normalized spacial score (nSPS) is 30.9. The molecule has 2 aliphatic rings. The van der Waals surface area contributed by atoms with Gasteiger partial charge < -0.3 is 5.11 Å². The van der Waals surface area contributed by atoms with E-state index in [2.05, 4.69) is 0 Å². The highest BCUT2D eigenvalue weighted by Gasteiger charge is 2.43. The molecule has 3 unspecified atom stereocenters. The molecule has 3 atom stereocenters. The van der Waals surface area contributed by atoms with E-state index in [0.29, 0.717) is 11.4 Å². The molecule has 1 aromatic carbocycles. The monoisotopic (exact) mass is 309 g/mol. The van der Waals surface area contributed by atoms with Crippen LogP contribution in [-0.2, 0) is 10.0 Å². The molecule has 116 valence electrons. The van der Waals surface area contributed by atoms with Gasteiger partial charge >= 0.3 is 0 Å². The van der Waals surface area contributed by atoms with Crippen molar-refractivity contribution in [2.24, 2.45) is 5.92 Å². The molecule has 2 fully saturated rings. The van der Waals surface area contributed by atoms with Crippen molar-refractivity contribution < 1.29 is 13.5 Å². The fourth-order valence-corrected chi connectivity index (χ4v) is 5.85. The van der Waals surface area contributed by atoms with Crippen molar-refractivity contribution >= 4 is 10.0 Å². The SMILES string of the molecule is Cc1ccccc1S(=O)(=O)N1CCCC1C1CCCC1O. The Morgan fingerprint density at radius 2 is 1.90 bits per heavy atom. The minimum atomic E-state index is -3.46. The Morgan fingerprint density at radius 1 is 1.14 bits per heavy atom. The molecule has 1 N–H and O–H groups in total. The van der Waals surface area contributed by atoms with E-state index >= 15 is 0 Å². The molecule has 0 bridgehead atoms. The highest BCUT2D eigenvalue weighted by Crippen LogP contribution is 2.38. The van der Waals surface area contributed by atoms with Crippen molar-refractivity contribution in [1.82, 2.24) is 4.31 Å². The van der Waals surface area contributed by atoms with E-state index in [0.717, 1.165) is 37.7 Å². The van der Waals surface area contributed by atoms with Crippen LogP contribution < -0.4 is 0 Å². The van der Waals surface area contributed by atoms with Gasteiger partial charge in [0.05, 0.1) is 11.0 Å². The number of aryl methyl sites for hydroxylation is 1. The van der Waals surface area contributed by atoms with Crippen LogP contribution in [0.15, 0.2) is 29.2 Å². The van der Waals surface area contributed by atoms with Crippen LogP contribution in [0.25, 0.3) is 0 Å². The lowest BCUT2D eigenvalue weighted by Gasteiger charge is -2.30. The summed E-state index contributed by atoms with van der Waals surface area (Å²) in [5.41, 5.74) is 0.787. The zero-order valence-electron chi connectivity index (χ0n) is 12.4. The first-order valence-corrected chi connectivity index (χ1v) is 9.21. The van der Waals surface area contributed by atoms with Crippen LogP contribution >= 0.6 is 0 Å². The standard InChI is InChI=1S/C16H23NO3S/c1-12-6-2-3-10-16(12)21(19,20)17-11-5-8-14(17)13-7-4-9-15(13)18/h2-3,6,10,13-15,18H,4-5,7-9,11H2,1H3. The van der Waals surface area contributed by atoms with Gasteiger partial charge in [0, 0.05) is 18.5 Å². The first-order valence-electron chi connectivity index (χ1n) is 7.77. The summed E-state index contributed by atoms with van der Waals surface area (Å²) in [6, 6.07) is 7.12. The second-order valence-corrected chi connectivity index (χ2v) is 8.11. The molecular formula is C16H23NO3S. The van der Waals surface area contributed by atoms with Gasteiger partial charge in [0.1, 0.15) is 0 Å². The van der Waals surface area contributed by atoms with Crippen LogP contribution in [-0.4, -0.2) is 36.5 Å². The van der Waals surface area contributed by atoms with Gasteiger partial charge in [-0.1, -0.05) is 24.6 Å². The second-order valence-electron chi connectivity index (χ2n) is 6.25. The van der Waals surface area contributed by atoms with Gasteiger partial charge in [0.25, 0.3) is 0 Å². The van der Waals surface area contributed by atoms with Gasteiger partial charge in [-0.2, -0.15) is 4.31 Å². The summed E-state index contributed by atoms with van der Waals surface area (Å²) in [7, 11) is -3.46. The van der Waals surface area contributed by atoms with Crippen LogP contribution in [0.3, 0.4) is 0 Å². The summed E-state index contributed by atoms with van der Waals surface area (Å²) in [5, 5.41) is 10.1. The average Bonchev–Trinajstić information content (AvgIpc) is 3.07. The van der Waals surface area contributed by atoms with Crippen molar-refractivity contribution in [3.05, 3.63) is 29.8 Å². The van der Waals surface area contributed by atoms with E-state index in [1.807, 2.05) is 19.1 Å². The third-order valence-corrected chi connectivity index (χ3v) is 7.04. The molecule has 21 heavy (non-hydrogen) atoms. The zero-order chi connectivity index (χ0) is 15.0. The summed E-state index contributed by atoms with van der Waals surface area (Å²) in [6.45, 7) is 2.41. The Bertz CT molecular complexity index is 614. The van der Waals surface area contributed by atoms with Crippen LogP contribution in [0.4, 0.5) is 0 Å². The molecule has 0 aromatic heterocycles. The molecule has 1 saturated carbocycles. The van der Waals surface area contributed by atoms with Crippen molar-refractivity contribution in [3.63, 3.8) is 0 Å². The molecule has 1 heterocycles. The second kappa shape index (κ2) is 5.71. The largest absolute Gasteiger partial charge is 0.393 e. The minimum Gasteiger partial charge on any atom is -0.393 e. The Kier molecular flexibility index (Phi) is 4.08. The lowest BCUT2D eigenvalue weighted by molar-refractivity contribution is 0.0975. The first-order chi connectivity index (χ1) is 10.0. The van der Waals surface area contributed by atoms with Gasteiger partial charge in [-0.15, -0.1) is 0 Å². The summed E-state index contributed by atoms with van der Waals surface area (Å²) in [4.78, 5) is 0.407. The minimum absolute atomic E-state index is 0.0351. The van der Waals surface area contributed by atoms with Gasteiger partial charge in [-0.3, -0.25) is 0 Å². The van der Waals surface area contributed by atoms with Crippen LogP contribution in [0.1, 0.15) is 37.7 Å². The lowest BCUT2D eigenvalue weighted by Crippen LogP contribution is -2.42. The van der Waals surface area contributed by atoms with Crippen LogP contribution in [0.2, 0.25) is 0 Å². The molecule has 1 aliphatic carbocycles. The zero-order valence-corrected chi connectivity index (χ0v) is 13.2. The van der Waals surface area contributed by atoms with E-state index < -0.39 is 10.0 Å². The third kappa shape index (κ3) is 2.62. The Labute approximate surface area is 126 Å². The number of hydrogen-bond acceptors (Lipinski definition) is 3. The molecule has 4 nitrogen and oxygen atoms in total. The van der Waals surface area contributed by atoms with Gasteiger partial charge in [0.15, 0.2) is 0 Å². The molecule has 1 saturated heterocycles. The number of sulfonamides is 1. The van der Waals surface area contributed by atoms with Crippen molar-refractivity contribution in [2.75, 3.05) is 6.54 Å². The number of aliphatic hydroxyl groups is 1. The van der Waals surface area contributed by atoms with Crippen molar-refractivity contribution in [2.45, 2.75) is 56.1 Å². The van der Waals surface area contributed by atoms with E-state index in [1.165, 1.54) is 0 Å². The van der Waals surface area contributed by atoms with Crippen molar-refractivity contribution in [3.8, 4) is 0 Å². The molecule has 3 rings (SSSR count). The Hall–Kier alpha value is -0.910. The number of nitrogens with zero attached hydrogens (tertiary/aromatic N) is 1. The molecule has 0 amide bonds. The average molecular weight is 309 g/mol. The van der Waals surface area contributed by atoms with E-state index in [4.69, 9.17) is 0 Å². The first kappa shape index (κ1) is 15.0. The molecule has 0 spiro atoms. The molecule has 0 radical (unpaired) electrons. The fraction of sp³-hybridized carbons (Fsp3) is 0.625. The maximum Gasteiger partial charge on any atom is 0.243 e. The number of hydrogen-bond donors (Lipinski definition) is 1. The summed E-state index contributed by atoms with van der Waals surface area (Å²) < 4.78 is 27.6. The highest BCUT2D eigenvalue weighted by molar-refractivity contribution is 7.89. The van der Waals surface area contributed by atoms with E-state index in [9.17, 15) is 13.5 Å². The Morgan fingerprint density at radius 3 is 2.57 bits per heavy atom. The summed E-state index contributed by atoms with van der Waals surface area (Å²) in [5.74, 6) is 0.103. The van der Waals surface area contributed by atoms with Gasteiger partial charge in [0.2, 0.25) is 10.0 Å². The van der Waals surface area contributed by atoms with E-state index in [-0.39, 0.29) is 18.1 Å². The maximum absolute atomic E-state index is 13.0. The fourth-order valence-electron chi connectivity index (χ4n) is 3.88. The number of aliphatic hydroxyl groups excluding tert-OH is 1. The highest BCUT2D eigenvalue weighted by atomic mass is 32.2. The van der Waals surface area contributed by atoms with Gasteiger partial charge in [-0.05, 0) is 44.2 Å². The van der Waals surface area contributed by atoms with Crippen molar-refractivity contribution in [1.29, 1.82) is 0 Å². The topological polar surface area (TPSA) is 57.6 Å². The lowest BCUT2D eigenvalue weighted by atomic mass is 9.95. The quantitative estimate of drug-likeness (QED) is 0.932. The maximum atomic E-state index is 13.0. The smallest absolute Gasteiger partial charge is 0.243 e. The third-order valence-electron chi connectivity index (χ3n) is 4.95. The predicted molar refractivity (Wildman–Crippen MR) is 81.4 cm³/mol. The number of benzene rings is 1. The van der Waals surface area contributed by atoms with Crippen LogP contribution in [0.5, 0.6) is 0 Å². The molecule has 1 aromatic rings. The summed E-state index contributed by atoms with van der Waals surface area (Å²) in [6.07, 6.45) is 4.15. The molecule has 5 heteroatoms. The van der Waals surface area contributed by atoms with E-state index in [1.54, 1.807) is 16.4 Å². The van der Waals surface area contributed by atoms with Crippen LogP contribution in [0, 0.1) is 12.8 Å². The Balaban J connectivity index is 1.93. The molecular weight excluding hydrogens is 286 g/mol.